The summed E-state index contributed by atoms with van der Waals surface area (Å²) in [4.78, 5) is 9.61. The molecule has 11 heavy (non-hydrogen) atoms. The summed E-state index contributed by atoms with van der Waals surface area (Å²) in [5.41, 5.74) is 0. The van der Waals surface area contributed by atoms with E-state index in [9.17, 15) is 22.4 Å². The van der Waals surface area contributed by atoms with Gasteiger partial charge in [-0.15, -0.1) is 0 Å². The molecular formula is C5H4F4O2. The Labute approximate surface area is 59.1 Å². The van der Waals surface area contributed by atoms with Crippen molar-refractivity contribution in [2.24, 2.45) is 0 Å². The number of carbonyl (C=O) groups is 1. The Morgan fingerprint density at radius 2 is 1.91 bits per heavy atom. The van der Waals surface area contributed by atoms with Crippen molar-refractivity contribution in [3.63, 3.8) is 0 Å². The summed E-state index contributed by atoms with van der Waals surface area (Å²) in [6, 6.07) is 0. The lowest BCUT2D eigenvalue weighted by Gasteiger charge is -1.99. The summed E-state index contributed by atoms with van der Waals surface area (Å²) in [6.07, 6.45) is -6.15. The van der Waals surface area contributed by atoms with Crippen molar-refractivity contribution < 1.29 is 27.5 Å². The minimum Gasteiger partial charge on any atom is -0.476 e. The number of allylic oxidation sites excluding steroid dienone is 1. The van der Waals surface area contributed by atoms with E-state index in [1.807, 2.05) is 0 Å². The molecule has 0 aromatic carbocycles. The molecule has 0 aliphatic carbocycles. The zero-order chi connectivity index (χ0) is 9.07. The van der Waals surface area contributed by atoms with E-state index in [1.165, 1.54) is 0 Å². The third-order valence-corrected chi connectivity index (χ3v) is 0.717. The summed E-state index contributed by atoms with van der Waals surface area (Å²) in [5, 5.41) is 7.77. The van der Waals surface area contributed by atoms with Crippen LogP contribution >= 0.6 is 0 Å². The molecule has 0 atom stereocenters. The average Bonchev–Trinajstić information content (AvgIpc) is 1.80. The van der Waals surface area contributed by atoms with Crippen molar-refractivity contribution in [1.29, 1.82) is 0 Å². The average molecular weight is 172 g/mol. The monoisotopic (exact) mass is 172 g/mol. The maximum Gasteiger partial charge on any atom is 0.392 e. The number of carboxylic acids is 1. The first kappa shape index (κ1) is 9.93. The summed E-state index contributed by atoms with van der Waals surface area (Å²) >= 11 is 0. The molecule has 0 aliphatic rings. The van der Waals surface area contributed by atoms with Crippen LogP contribution in [0.5, 0.6) is 0 Å². The molecular weight excluding hydrogens is 168 g/mol. The molecule has 0 radical (unpaired) electrons. The standard InChI is InChI=1S/C5H4F4O2/c6-3(4(10)11)1-2-5(7,8)9/h1H,2H2,(H,10,11)/b3-1-. The Kier molecular flexibility index (Phi) is 3.03. The van der Waals surface area contributed by atoms with E-state index in [-0.39, 0.29) is 6.08 Å². The fourth-order valence-electron chi connectivity index (χ4n) is 0.293. The molecule has 0 spiro atoms. The molecule has 0 amide bonds. The van der Waals surface area contributed by atoms with Crippen LogP contribution in [0.2, 0.25) is 0 Å². The molecule has 6 heteroatoms. The number of hydrogen-bond acceptors (Lipinski definition) is 1. The van der Waals surface area contributed by atoms with Gasteiger partial charge in [-0.25, -0.2) is 4.79 Å². The molecule has 1 N–H and O–H groups in total. The smallest absolute Gasteiger partial charge is 0.392 e. The third kappa shape index (κ3) is 5.38. The van der Waals surface area contributed by atoms with E-state index in [1.54, 1.807) is 0 Å². The van der Waals surface area contributed by atoms with Gasteiger partial charge >= 0.3 is 12.1 Å². The number of hydrogen-bond donors (Lipinski definition) is 1. The molecule has 0 aliphatic heterocycles. The van der Waals surface area contributed by atoms with Crippen LogP contribution in [0.1, 0.15) is 6.42 Å². The van der Waals surface area contributed by atoms with Crippen LogP contribution in [0, 0.1) is 0 Å². The van der Waals surface area contributed by atoms with E-state index in [0.717, 1.165) is 0 Å². The van der Waals surface area contributed by atoms with E-state index in [0.29, 0.717) is 0 Å². The second-order valence-corrected chi connectivity index (χ2v) is 1.68. The second-order valence-electron chi connectivity index (χ2n) is 1.68. The van der Waals surface area contributed by atoms with Crippen molar-refractivity contribution in [3.8, 4) is 0 Å². The number of rotatable bonds is 2. The number of alkyl halides is 3. The first-order valence-electron chi connectivity index (χ1n) is 2.48. The molecule has 0 bridgehead atoms. The predicted molar refractivity (Wildman–Crippen MR) is 27.5 cm³/mol. The largest absolute Gasteiger partial charge is 0.476 e. The van der Waals surface area contributed by atoms with Gasteiger partial charge in [0.25, 0.3) is 0 Å². The van der Waals surface area contributed by atoms with E-state index < -0.39 is 24.4 Å². The van der Waals surface area contributed by atoms with E-state index >= 15 is 0 Å². The van der Waals surface area contributed by atoms with Gasteiger partial charge in [0, 0.05) is 0 Å². The Balaban J connectivity index is 4.04. The van der Waals surface area contributed by atoms with E-state index in [2.05, 4.69) is 0 Å². The van der Waals surface area contributed by atoms with Crippen molar-refractivity contribution in [2.45, 2.75) is 12.6 Å². The van der Waals surface area contributed by atoms with Gasteiger partial charge in [0.15, 0.2) is 0 Å². The zero-order valence-corrected chi connectivity index (χ0v) is 5.15. The minimum absolute atomic E-state index is 0.0255. The van der Waals surface area contributed by atoms with Crippen LogP contribution in [0.25, 0.3) is 0 Å². The van der Waals surface area contributed by atoms with Gasteiger partial charge in [0.2, 0.25) is 5.83 Å². The topological polar surface area (TPSA) is 37.3 Å². The van der Waals surface area contributed by atoms with Gasteiger partial charge in [-0.3, -0.25) is 0 Å². The number of aliphatic carboxylic acids is 1. The van der Waals surface area contributed by atoms with Crippen molar-refractivity contribution in [3.05, 3.63) is 11.9 Å². The highest BCUT2D eigenvalue weighted by Gasteiger charge is 2.26. The lowest BCUT2D eigenvalue weighted by atomic mass is 10.3. The molecule has 0 unspecified atom stereocenters. The van der Waals surface area contributed by atoms with Crippen molar-refractivity contribution >= 4 is 5.97 Å². The molecule has 0 aromatic heterocycles. The van der Waals surface area contributed by atoms with Crippen molar-refractivity contribution in [2.75, 3.05) is 0 Å². The molecule has 0 fully saturated rings. The highest BCUT2D eigenvalue weighted by atomic mass is 19.4. The number of halogens is 4. The van der Waals surface area contributed by atoms with E-state index in [4.69, 9.17) is 5.11 Å². The molecule has 0 saturated heterocycles. The maximum absolute atomic E-state index is 11.8. The first-order valence-corrected chi connectivity index (χ1v) is 2.48. The Morgan fingerprint density at radius 1 is 1.45 bits per heavy atom. The van der Waals surface area contributed by atoms with Crippen molar-refractivity contribution in [1.82, 2.24) is 0 Å². The molecule has 64 valence electrons. The fourth-order valence-corrected chi connectivity index (χ4v) is 0.293. The van der Waals surface area contributed by atoms with Crippen LogP contribution in [0.15, 0.2) is 11.9 Å². The lowest BCUT2D eigenvalue weighted by molar-refractivity contribution is -0.134. The Hall–Kier alpha value is -1.07. The summed E-state index contributed by atoms with van der Waals surface area (Å²) < 4.78 is 45.6. The summed E-state index contributed by atoms with van der Waals surface area (Å²) in [6.45, 7) is 0. The minimum atomic E-state index is -4.56. The quantitative estimate of drug-likeness (QED) is 0.510. The Bertz CT molecular complexity index is 181. The van der Waals surface area contributed by atoms with Gasteiger partial charge in [0.05, 0.1) is 6.42 Å². The Morgan fingerprint density at radius 3 is 2.18 bits per heavy atom. The van der Waals surface area contributed by atoms with Gasteiger partial charge in [-0.1, -0.05) is 0 Å². The normalized spacial score (nSPS) is 13.3. The molecule has 0 rings (SSSR count). The first-order chi connectivity index (χ1) is 4.83. The molecule has 0 saturated carbocycles. The van der Waals surface area contributed by atoms with Gasteiger partial charge in [-0.05, 0) is 6.08 Å². The summed E-state index contributed by atoms with van der Waals surface area (Å²) in [7, 11) is 0. The lowest BCUT2D eigenvalue weighted by Crippen LogP contribution is -2.06. The van der Waals surface area contributed by atoms with Gasteiger partial charge in [0.1, 0.15) is 0 Å². The van der Waals surface area contributed by atoms with Crippen LogP contribution in [0.4, 0.5) is 17.6 Å². The highest BCUT2D eigenvalue weighted by molar-refractivity contribution is 5.83. The molecule has 2 nitrogen and oxygen atoms in total. The zero-order valence-electron chi connectivity index (χ0n) is 5.15. The molecule has 0 aromatic rings. The molecule has 0 heterocycles. The van der Waals surface area contributed by atoms with Crippen LogP contribution < -0.4 is 0 Å². The van der Waals surface area contributed by atoms with Crippen LogP contribution in [0.3, 0.4) is 0 Å². The van der Waals surface area contributed by atoms with Gasteiger partial charge < -0.3 is 5.11 Å². The van der Waals surface area contributed by atoms with Gasteiger partial charge in [-0.2, -0.15) is 17.6 Å². The highest BCUT2D eigenvalue weighted by Crippen LogP contribution is 2.20. The van der Waals surface area contributed by atoms with Crippen LogP contribution in [-0.4, -0.2) is 17.3 Å². The van der Waals surface area contributed by atoms with Crippen LogP contribution in [-0.2, 0) is 4.79 Å². The fraction of sp³-hybridized carbons (Fsp3) is 0.400. The maximum atomic E-state index is 11.8. The second kappa shape index (κ2) is 3.36. The predicted octanol–water partition coefficient (Wildman–Crippen LogP) is 1.88. The summed E-state index contributed by atoms with van der Waals surface area (Å²) in [5.74, 6) is -3.78. The SMILES string of the molecule is O=C(O)/C(F)=C/CC(F)(F)F. The third-order valence-electron chi connectivity index (χ3n) is 0.717. The number of carboxylic acid groups (broad SMARTS) is 1.